The third kappa shape index (κ3) is 2.85. The molecule has 1 aromatic carbocycles. The highest BCUT2D eigenvalue weighted by molar-refractivity contribution is 14.1. The van der Waals surface area contributed by atoms with E-state index in [1.807, 2.05) is 0 Å². The Morgan fingerprint density at radius 2 is 1.47 bits per heavy atom. The van der Waals surface area contributed by atoms with Crippen LogP contribution in [0.15, 0.2) is 24.3 Å². The summed E-state index contributed by atoms with van der Waals surface area (Å²) in [5.74, 6) is 0. The second-order valence-corrected chi connectivity index (χ2v) is 6.76. The average molecular weight is 344 g/mol. The number of hydrogen-bond acceptors (Lipinski definition) is 2. The lowest BCUT2D eigenvalue weighted by molar-refractivity contribution is 0.00578. The standard InChI is InChI=1S/C13H18BIO2/c1-12(2)13(3,4)17-14(16-12)9-10-5-7-11(15)8-6-10/h5-8H,9H2,1-4H3. The van der Waals surface area contributed by atoms with Crippen molar-refractivity contribution in [1.82, 2.24) is 0 Å². The summed E-state index contributed by atoms with van der Waals surface area (Å²) in [5, 5.41) is 0. The van der Waals surface area contributed by atoms with Gasteiger partial charge in [0, 0.05) is 9.89 Å². The summed E-state index contributed by atoms with van der Waals surface area (Å²) in [7, 11) is -0.139. The van der Waals surface area contributed by atoms with Crippen LogP contribution in [-0.2, 0) is 15.6 Å². The van der Waals surface area contributed by atoms with Crippen molar-refractivity contribution in [1.29, 1.82) is 0 Å². The largest absolute Gasteiger partial charge is 0.462 e. The van der Waals surface area contributed by atoms with Gasteiger partial charge in [-0.15, -0.1) is 0 Å². The molecular weight excluding hydrogens is 326 g/mol. The topological polar surface area (TPSA) is 18.5 Å². The molecule has 0 aliphatic carbocycles. The van der Waals surface area contributed by atoms with Gasteiger partial charge in [-0.1, -0.05) is 12.1 Å². The quantitative estimate of drug-likeness (QED) is 0.604. The molecule has 17 heavy (non-hydrogen) atoms. The third-order valence-electron chi connectivity index (χ3n) is 3.62. The van der Waals surface area contributed by atoms with Crippen molar-refractivity contribution < 1.29 is 9.31 Å². The number of rotatable bonds is 2. The monoisotopic (exact) mass is 344 g/mol. The Morgan fingerprint density at radius 1 is 1.00 bits per heavy atom. The zero-order chi connectivity index (χ0) is 12.7. The second kappa shape index (κ2) is 4.55. The lowest BCUT2D eigenvalue weighted by Gasteiger charge is -2.32. The highest BCUT2D eigenvalue weighted by Crippen LogP contribution is 2.37. The summed E-state index contributed by atoms with van der Waals surface area (Å²) in [4.78, 5) is 0. The first kappa shape index (κ1) is 13.4. The van der Waals surface area contributed by atoms with E-state index in [1.165, 1.54) is 9.13 Å². The minimum Gasteiger partial charge on any atom is -0.403 e. The Hall–Kier alpha value is -0.0651. The Labute approximate surface area is 117 Å². The second-order valence-electron chi connectivity index (χ2n) is 5.52. The van der Waals surface area contributed by atoms with E-state index in [0.717, 1.165) is 6.32 Å². The first-order valence-electron chi connectivity index (χ1n) is 5.90. The van der Waals surface area contributed by atoms with Crippen LogP contribution in [0.5, 0.6) is 0 Å². The maximum absolute atomic E-state index is 5.97. The van der Waals surface area contributed by atoms with Crippen molar-refractivity contribution in [2.24, 2.45) is 0 Å². The first-order chi connectivity index (χ1) is 7.80. The maximum Gasteiger partial charge on any atom is 0.462 e. The fraction of sp³-hybridized carbons (Fsp3) is 0.538. The van der Waals surface area contributed by atoms with Gasteiger partial charge in [-0.3, -0.25) is 0 Å². The average Bonchev–Trinajstić information content (AvgIpc) is 2.39. The van der Waals surface area contributed by atoms with Gasteiger partial charge >= 0.3 is 7.12 Å². The number of hydrogen-bond donors (Lipinski definition) is 0. The molecule has 0 amide bonds. The van der Waals surface area contributed by atoms with Gasteiger partial charge in [0.25, 0.3) is 0 Å². The van der Waals surface area contributed by atoms with Gasteiger partial charge in [-0.25, -0.2) is 0 Å². The predicted molar refractivity (Wildman–Crippen MR) is 78.9 cm³/mol. The van der Waals surface area contributed by atoms with E-state index in [4.69, 9.17) is 9.31 Å². The highest BCUT2D eigenvalue weighted by Gasteiger charge is 2.50. The fourth-order valence-corrected chi connectivity index (χ4v) is 2.22. The van der Waals surface area contributed by atoms with E-state index < -0.39 is 0 Å². The van der Waals surface area contributed by atoms with Gasteiger partial charge in [-0.05, 0) is 68.0 Å². The molecule has 2 rings (SSSR count). The Kier molecular flexibility index (Phi) is 3.58. The molecule has 1 aromatic rings. The molecule has 0 bridgehead atoms. The molecule has 0 spiro atoms. The van der Waals surface area contributed by atoms with E-state index in [0.29, 0.717) is 0 Å². The van der Waals surface area contributed by atoms with E-state index in [9.17, 15) is 0 Å². The van der Waals surface area contributed by atoms with Crippen molar-refractivity contribution in [2.45, 2.75) is 45.2 Å². The van der Waals surface area contributed by atoms with E-state index in [2.05, 4.69) is 74.6 Å². The van der Waals surface area contributed by atoms with Crippen LogP contribution in [0.4, 0.5) is 0 Å². The molecule has 0 aromatic heterocycles. The van der Waals surface area contributed by atoms with Gasteiger partial charge in [0.1, 0.15) is 0 Å². The van der Waals surface area contributed by atoms with Gasteiger partial charge < -0.3 is 9.31 Å². The SMILES string of the molecule is CC1(C)OB(Cc2ccc(I)cc2)OC1(C)C. The van der Waals surface area contributed by atoms with Crippen molar-refractivity contribution in [3.63, 3.8) is 0 Å². The summed E-state index contributed by atoms with van der Waals surface area (Å²) in [5.41, 5.74) is 0.783. The summed E-state index contributed by atoms with van der Waals surface area (Å²) in [6.45, 7) is 8.34. The first-order valence-corrected chi connectivity index (χ1v) is 6.98. The molecule has 4 heteroatoms. The van der Waals surface area contributed by atoms with Gasteiger partial charge in [-0.2, -0.15) is 0 Å². The van der Waals surface area contributed by atoms with E-state index >= 15 is 0 Å². The molecule has 92 valence electrons. The minimum atomic E-state index is -0.235. The molecule has 1 fully saturated rings. The van der Waals surface area contributed by atoms with Crippen molar-refractivity contribution in [3.05, 3.63) is 33.4 Å². The zero-order valence-corrected chi connectivity index (χ0v) is 12.9. The lowest BCUT2D eigenvalue weighted by Crippen LogP contribution is -2.41. The van der Waals surface area contributed by atoms with Crippen LogP contribution in [0.2, 0.25) is 0 Å². The minimum absolute atomic E-state index is 0.139. The summed E-state index contributed by atoms with van der Waals surface area (Å²) in [6, 6.07) is 8.49. The van der Waals surface area contributed by atoms with Crippen LogP contribution in [-0.4, -0.2) is 18.3 Å². The van der Waals surface area contributed by atoms with Gasteiger partial charge in [0.05, 0.1) is 11.2 Å². The number of benzene rings is 1. The van der Waals surface area contributed by atoms with Crippen LogP contribution >= 0.6 is 22.6 Å². The Morgan fingerprint density at radius 3 is 1.94 bits per heavy atom. The smallest absolute Gasteiger partial charge is 0.403 e. The van der Waals surface area contributed by atoms with Crippen molar-refractivity contribution in [3.8, 4) is 0 Å². The van der Waals surface area contributed by atoms with Crippen molar-refractivity contribution >= 4 is 29.7 Å². The van der Waals surface area contributed by atoms with E-state index in [1.54, 1.807) is 0 Å². The zero-order valence-electron chi connectivity index (χ0n) is 10.8. The molecule has 2 nitrogen and oxygen atoms in total. The van der Waals surface area contributed by atoms with Crippen molar-refractivity contribution in [2.75, 3.05) is 0 Å². The van der Waals surface area contributed by atoms with E-state index in [-0.39, 0.29) is 18.3 Å². The van der Waals surface area contributed by atoms with Crippen LogP contribution in [0.25, 0.3) is 0 Å². The summed E-state index contributed by atoms with van der Waals surface area (Å²) < 4.78 is 13.2. The maximum atomic E-state index is 5.97. The molecule has 1 saturated heterocycles. The van der Waals surface area contributed by atoms with Gasteiger partial charge in [0.15, 0.2) is 0 Å². The highest BCUT2D eigenvalue weighted by atomic mass is 127. The summed E-state index contributed by atoms with van der Waals surface area (Å²) >= 11 is 2.31. The normalized spacial score (nSPS) is 21.8. The lowest BCUT2D eigenvalue weighted by atomic mass is 9.81. The fourth-order valence-electron chi connectivity index (χ4n) is 1.86. The molecule has 0 radical (unpaired) electrons. The summed E-state index contributed by atoms with van der Waals surface area (Å²) in [6.07, 6.45) is 0.809. The van der Waals surface area contributed by atoms with Crippen LogP contribution in [0.3, 0.4) is 0 Å². The molecular formula is C13H18BIO2. The molecule has 1 heterocycles. The Balaban J connectivity index is 2.05. The molecule has 1 aliphatic heterocycles. The van der Waals surface area contributed by atoms with Crippen LogP contribution < -0.4 is 0 Å². The predicted octanol–water partition coefficient (Wildman–Crippen LogP) is 3.47. The number of halogens is 1. The molecule has 1 aliphatic rings. The third-order valence-corrected chi connectivity index (χ3v) is 4.34. The molecule has 0 atom stereocenters. The van der Waals surface area contributed by atoms with Gasteiger partial charge in [0.2, 0.25) is 0 Å². The van der Waals surface area contributed by atoms with Crippen LogP contribution in [0, 0.1) is 3.57 Å². The Bertz CT molecular complexity index is 384. The molecule has 0 N–H and O–H groups in total. The molecule has 0 saturated carbocycles. The molecule has 0 unspecified atom stereocenters. The van der Waals surface area contributed by atoms with Crippen LogP contribution in [0.1, 0.15) is 33.3 Å².